The van der Waals surface area contributed by atoms with Crippen LogP contribution < -0.4 is 0 Å². The number of nitrogens with zero attached hydrogens (tertiary/aromatic N) is 3. The van der Waals surface area contributed by atoms with E-state index in [0.29, 0.717) is 12.0 Å². The fourth-order valence-corrected chi connectivity index (χ4v) is 4.54. The van der Waals surface area contributed by atoms with E-state index in [9.17, 15) is 4.79 Å². The Kier molecular flexibility index (Phi) is 6.14. The number of imidazole rings is 1. The van der Waals surface area contributed by atoms with Gasteiger partial charge in [-0.2, -0.15) is 0 Å². The number of benzene rings is 2. The first-order chi connectivity index (χ1) is 14.5. The highest BCUT2D eigenvalue weighted by Gasteiger charge is 2.26. The summed E-state index contributed by atoms with van der Waals surface area (Å²) in [7, 11) is 0. The number of hydrogen-bond donors (Lipinski definition) is 0. The standard InChI is InChI=1S/C26H31N3O/c1-19(2)17-28-15-7-10-23(18-28)29-25-12-5-4-11-24(25)27-26(29)22-9-6-8-21(16-22)14-13-20(3)30/h4-6,8-9,11-14,16,19,23H,7,10,15,17-18H2,1-3H3/b14-13+. The van der Waals surface area contributed by atoms with Crippen molar-refractivity contribution in [1.29, 1.82) is 0 Å². The van der Waals surface area contributed by atoms with Crippen molar-refractivity contribution >= 4 is 22.9 Å². The maximum absolute atomic E-state index is 11.3. The third-order valence-electron chi connectivity index (χ3n) is 5.72. The number of piperidine rings is 1. The molecule has 0 spiro atoms. The highest BCUT2D eigenvalue weighted by Crippen LogP contribution is 2.33. The Bertz CT molecular complexity index is 1060. The van der Waals surface area contributed by atoms with Crippen LogP contribution in [0.1, 0.15) is 45.2 Å². The number of likely N-dealkylation sites (tertiary alicyclic amines) is 1. The summed E-state index contributed by atoms with van der Waals surface area (Å²) in [6.07, 6.45) is 5.88. The van der Waals surface area contributed by atoms with Gasteiger partial charge in [0, 0.05) is 24.7 Å². The van der Waals surface area contributed by atoms with Gasteiger partial charge in [-0.1, -0.05) is 50.3 Å². The number of para-hydroxylation sites is 2. The Morgan fingerprint density at radius 3 is 2.83 bits per heavy atom. The molecule has 1 aliphatic heterocycles. The van der Waals surface area contributed by atoms with E-state index >= 15 is 0 Å². The van der Waals surface area contributed by atoms with Gasteiger partial charge in [-0.25, -0.2) is 4.98 Å². The Morgan fingerprint density at radius 1 is 1.20 bits per heavy atom. The summed E-state index contributed by atoms with van der Waals surface area (Å²) in [4.78, 5) is 19.0. The first-order valence-corrected chi connectivity index (χ1v) is 11.0. The Labute approximate surface area is 179 Å². The minimum atomic E-state index is 0.0556. The summed E-state index contributed by atoms with van der Waals surface area (Å²) in [5, 5.41) is 0. The lowest BCUT2D eigenvalue weighted by Gasteiger charge is -2.35. The molecule has 4 heteroatoms. The van der Waals surface area contributed by atoms with E-state index in [1.165, 1.54) is 24.9 Å². The van der Waals surface area contributed by atoms with E-state index in [1.54, 1.807) is 13.0 Å². The smallest absolute Gasteiger partial charge is 0.152 e. The molecule has 0 bridgehead atoms. The zero-order valence-electron chi connectivity index (χ0n) is 18.2. The molecule has 2 heterocycles. The van der Waals surface area contributed by atoms with E-state index in [4.69, 9.17) is 4.98 Å². The average molecular weight is 402 g/mol. The molecule has 4 nitrogen and oxygen atoms in total. The largest absolute Gasteiger partial charge is 0.320 e. The highest BCUT2D eigenvalue weighted by atomic mass is 16.1. The molecule has 1 unspecified atom stereocenters. The van der Waals surface area contributed by atoms with E-state index in [0.717, 1.165) is 35.6 Å². The maximum Gasteiger partial charge on any atom is 0.152 e. The molecule has 0 N–H and O–H groups in total. The third kappa shape index (κ3) is 4.54. The molecule has 156 valence electrons. The summed E-state index contributed by atoms with van der Waals surface area (Å²) in [6.45, 7) is 9.55. The predicted octanol–water partition coefficient (Wildman–Crippen LogP) is 5.60. The van der Waals surface area contributed by atoms with Gasteiger partial charge in [0.15, 0.2) is 5.78 Å². The van der Waals surface area contributed by atoms with Crippen LogP contribution in [0.2, 0.25) is 0 Å². The van der Waals surface area contributed by atoms with Crippen molar-refractivity contribution in [3.05, 3.63) is 60.2 Å². The molecule has 3 aromatic rings. The highest BCUT2D eigenvalue weighted by molar-refractivity contribution is 5.91. The molecule has 1 aliphatic rings. The lowest BCUT2D eigenvalue weighted by molar-refractivity contribution is -0.112. The van der Waals surface area contributed by atoms with Gasteiger partial charge in [0.2, 0.25) is 0 Å². The van der Waals surface area contributed by atoms with Crippen molar-refractivity contribution in [2.45, 2.75) is 39.7 Å². The van der Waals surface area contributed by atoms with Crippen molar-refractivity contribution in [2.75, 3.05) is 19.6 Å². The zero-order valence-corrected chi connectivity index (χ0v) is 18.2. The fraction of sp³-hybridized carbons (Fsp3) is 0.385. The number of aromatic nitrogens is 2. The molecule has 1 atom stereocenters. The third-order valence-corrected chi connectivity index (χ3v) is 5.72. The minimum Gasteiger partial charge on any atom is -0.320 e. The van der Waals surface area contributed by atoms with Crippen molar-refractivity contribution in [2.24, 2.45) is 5.92 Å². The average Bonchev–Trinajstić information content (AvgIpc) is 3.12. The van der Waals surface area contributed by atoms with Gasteiger partial charge in [0.25, 0.3) is 0 Å². The van der Waals surface area contributed by atoms with Crippen LogP contribution in [0.5, 0.6) is 0 Å². The van der Waals surface area contributed by atoms with Crippen LogP contribution in [0.25, 0.3) is 28.5 Å². The van der Waals surface area contributed by atoms with E-state index in [1.807, 2.05) is 18.2 Å². The van der Waals surface area contributed by atoms with Gasteiger partial charge >= 0.3 is 0 Å². The van der Waals surface area contributed by atoms with E-state index < -0.39 is 0 Å². The van der Waals surface area contributed by atoms with Crippen molar-refractivity contribution in [3.63, 3.8) is 0 Å². The second kappa shape index (κ2) is 8.97. The number of ketones is 1. The lowest BCUT2D eigenvalue weighted by atomic mass is 10.0. The van der Waals surface area contributed by atoms with Crippen LogP contribution in [0.3, 0.4) is 0 Å². The Morgan fingerprint density at radius 2 is 2.03 bits per heavy atom. The van der Waals surface area contributed by atoms with Gasteiger partial charge < -0.3 is 9.47 Å². The van der Waals surface area contributed by atoms with Gasteiger partial charge in [-0.15, -0.1) is 0 Å². The number of carbonyl (C=O) groups is 1. The summed E-state index contributed by atoms with van der Waals surface area (Å²) < 4.78 is 2.45. The molecule has 1 saturated heterocycles. The Balaban J connectivity index is 1.76. The summed E-state index contributed by atoms with van der Waals surface area (Å²) in [5.74, 6) is 1.75. The van der Waals surface area contributed by atoms with Crippen molar-refractivity contribution in [3.8, 4) is 11.4 Å². The van der Waals surface area contributed by atoms with Crippen LogP contribution >= 0.6 is 0 Å². The van der Waals surface area contributed by atoms with Crippen LogP contribution in [0.4, 0.5) is 0 Å². The fourth-order valence-electron chi connectivity index (χ4n) is 4.54. The summed E-state index contributed by atoms with van der Waals surface area (Å²) in [6, 6.07) is 17.2. The number of allylic oxidation sites excluding steroid dienone is 1. The summed E-state index contributed by atoms with van der Waals surface area (Å²) in [5.41, 5.74) is 4.36. The normalized spacial score (nSPS) is 17.9. The molecule has 0 amide bonds. The first kappa shape index (κ1) is 20.5. The minimum absolute atomic E-state index is 0.0556. The molecule has 30 heavy (non-hydrogen) atoms. The van der Waals surface area contributed by atoms with Crippen LogP contribution in [-0.4, -0.2) is 39.9 Å². The topological polar surface area (TPSA) is 38.1 Å². The van der Waals surface area contributed by atoms with E-state index in [2.05, 4.69) is 59.7 Å². The maximum atomic E-state index is 11.3. The molecular weight excluding hydrogens is 370 g/mol. The summed E-state index contributed by atoms with van der Waals surface area (Å²) >= 11 is 0. The number of fused-ring (bicyclic) bond motifs is 1. The van der Waals surface area contributed by atoms with Crippen LogP contribution in [0, 0.1) is 5.92 Å². The number of rotatable bonds is 6. The van der Waals surface area contributed by atoms with Crippen LogP contribution in [0.15, 0.2) is 54.6 Å². The van der Waals surface area contributed by atoms with Crippen molar-refractivity contribution < 1.29 is 4.79 Å². The first-order valence-electron chi connectivity index (χ1n) is 11.0. The van der Waals surface area contributed by atoms with Gasteiger partial charge in [-0.05, 0) is 62.1 Å². The molecule has 1 fully saturated rings. The molecule has 0 aliphatic carbocycles. The quantitative estimate of drug-likeness (QED) is 0.505. The molecule has 0 saturated carbocycles. The molecule has 1 aromatic heterocycles. The zero-order chi connectivity index (χ0) is 21.1. The second-order valence-corrected chi connectivity index (χ2v) is 8.81. The molecule has 0 radical (unpaired) electrons. The van der Waals surface area contributed by atoms with Gasteiger partial charge in [0.05, 0.1) is 11.0 Å². The Hall–Kier alpha value is -2.72. The monoisotopic (exact) mass is 401 g/mol. The second-order valence-electron chi connectivity index (χ2n) is 8.81. The SMILES string of the molecule is CC(=O)/C=C/c1cccc(-c2nc3ccccc3n2C2CCCN(CC(C)C)C2)c1. The molecule has 2 aromatic carbocycles. The van der Waals surface area contributed by atoms with Gasteiger partial charge in [0.1, 0.15) is 5.82 Å². The number of hydrogen-bond acceptors (Lipinski definition) is 3. The number of carbonyl (C=O) groups excluding carboxylic acids is 1. The lowest BCUT2D eigenvalue weighted by Crippen LogP contribution is -2.38. The van der Waals surface area contributed by atoms with Crippen molar-refractivity contribution in [1.82, 2.24) is 14.5 Å². The van der Waals surface area contributed by atoms with Crippen LogP contribution in [-0.2, 0) is 4.79 Å². The van der Waals surface area contributed by atoms with E-state index in [-0.39, 0.29) is 5.78 Å². The molecular formula is C26H31N3O. The van der Waals surface area contributed by atoms with Gasteiger partial charge in [-0.3, -0.25) is 4.79 Å². The predicted molar refractivity (Wildman–Crippen MR) is 124 cm³/mol. The molecule has 4 rings (SSSR count).